The average Bonchev–Trinajstić information content (AvgIpc) is 4.14. The number of amides is 3. The van der Waals surface area contributed by atoms with Crippen LogP contribution in [0.5, 0.6) is 0 Å². The molecule has 0 saturated carbocycles. The van der Waals surface area contributed by atoms with Crippen molar-refractivity contribution in [2.45, 2.75) is 98.5 Å². The maximum atomic E-state index is 14.4. The number of β-amino-alcohol motifs (C(OH)–C–C–N with tert-alkyl or cyclic N) is 1. The summed E-state index contributed by atoms with van der Waals surface area (Å²) in [5.41, 5.74) is 9.25. The highest BCUT2D eigenvalue weighted by atomic mass is 32.1. The van der Waals surface area contributed by atoms with E-state index < -0.39 is 41.5 Å². The number of aromatic nitrogens is 5. The summed E-state index contributed by atoms with van der Waals surface area (Å²) in [6.45, 7) is 18.4. The number of methoxy groups -OCH3 is 1. The number of ether oxygens (including phenoxy) is 1. The Balaban J connectivity index is 0.823. The first-order valence-electron chi connectivity index (χ1n) is 24.2. The van der Waals surface area contributed by atoms with Gasteiger partial charge in [0.2, 0.25) is 11.8 Å². The molecule has 3 N–H and O–H groups in total. The summed E-state index contributed by atoms with van der Waals surface area (Å²) < 4.78 is 7.08. The van der Waals surface area contributed by atoms with Crippen molar-refractivity contribution in [2.24, 2.45) is 10.4 Å². The predicted molar refractivity (Wildman–Crippen MR) is 279 cm³/mol. The molecule has 17 nitrogen and oxygen atoms in total. The molecule has 2 aromatic carbocycles. The van der Waals surface area contributed by atoms with E-state index in [0.29, 0.717) is 24.5 Å². The largest absolute Gasteiger partial charge is 0.469 e. The molecule has 72 heavy (non-hydrogen) atoms. The minimum absolute atomic E-state index is 0.0247. The Bertz CT molecular complexity index is 3020. The lowest BCUT2D eigenvalue weighted by molar-refractivity contribution is -0.142. The zero-order valence-electron chi connectivity index (χ0n) is 42.1. The number of thiazole rings is 1. The zero-order chi connectivity index (χ0) is 51.2. The van der Waals surface area contributed by atoms with E-state index in [-0.39, 0.29) is 37.3 Å². The molecule has 0 radical (unpaired) electrons. The van der Waals surface area contributed by atoms with Gasteiger partial charge in [0.25, 0.3) is 5.91 Å². The molecule has 0 unspecified atom stereocenters. The number of anilines is 2. The van der Waals surface area contributed by atoms with Crippen molar-refractivity contribution in [1.82, 2.24) is 40.3 Å². The fraction of sp³-hybridized carbons (Fsp3) is 0.415. The fourth-order valence-electron chi connectivity index (χ4n) is 9.73. The Morgan fingerprint density at radius 2 is 1.57 bits per heavy atom. The minimum Gasteiger partial charge on any atom is -0.469 e. The standard InChI is InChI=1S/C53H61N11O6S2/c1-29-32(4)72-52-44(29)45(57-40(25-43(66)70-9)48-60-59-33(5)64(48)52)35-14-17-38(18-15-35)61-20-22-62(23-21-61)42-19-16-37(26-54-42)49(67)58-47(53(6,7)8)51(69)63-27-39(65)24-41(63)50(68)56-30(2)34-10-12-36(13-11-34)46-31(3)55-28-71-46/h10-19,26,28,30,39-41,47,65H,20-25,27H2,1-9H3,(H,56,68)(H,58,67)/t30-,39+,40-,41-,47+/m0/s1. The molecule has 3 amide bonds. The summed E-state index contributed by atoms with van der Waals surface area (Å²) in [6.07, 6.45) is 0.767. The Hall–Kier alpha value is -6.83. The van der Waals surface area contributed by atoms with E-state index >= 15 is 0 Å². The van der Waals surface area contributed by atoms with Gasteiger partial charge in [-0.2, -0.15) is 0 Å². The number of nitrogens with zero attached hydrogens (tertiary/aromatic N) is 9. The molecular formula is C53H61N11O6S2. The van der Waals surface area contributed by atoms with Gasteiger partial charge in [-0.1, -0.05) is 57.2 Å². The molecule has 6 aromatic rings. The molecule has 2 fully saturated rings. The Morgan fingerprint density at radius 3 is 2.21 bits per heavy atom. The number of fused-ring (bicyclic) bond motifs is 3. The Kier molecular flexibility index (Phi) is 14.2. The fourth-order valence-corrected chi connectivity index (χ4v) is 11.8. The normalized spacial score (nSPS) is 18.7. The number of aliphatic hydroxyl groups excluding tert-OH is 1. The third kappa shape index (κ3) is 10.0. The van der Waals surface area contributed by atoms with Gasteiger partial charge >= 0.3 is 5.97 Å². The molecule has 3 aliphatic heterocycles. The van der Waals surface area contributed by atoms with Crippen LogP contribution in [0.4, 0.5) is 11.5 Å². The van der Waals surface area contributed by atoms with Crippen LogP contribution >= 0.6 is 22.7 Å². The van der Waals surface area contributed by atoms with Crippen LogP contribution in [0.25, 0.3) is 15.4 Å². The van der Waals surface area contributed by atoms with Crippen molar-refractivity contribution < 1.29 is 29.0 Å². The third-order valence-corrected chi connectivity index (χ3v) is 16.1. The van der Waals surface area contributed by atoms with E-state index in [2.05, 4.69) is 78.7 Å². The number of pyridine rings is 1. The lowest BCUT2D eigenvalue weighted by Crippen LogP contribution is -2.57. The second-order valence-electron chi connectivity index (χ2n) is 19.9. The van der Waals surface area contributed by atoms with Crippen LogP contribution in [0.2, 0.25) is 0 Å². The highest BCUT2D eigenvalue weighted by molar-refractivity contribution is 7.15. The van der Waals surface area contributed by atoms with Gasteiger partial charge in [-0.05, 0) is 81.0 Å². The first kappa shape index (κ1) is 50.1. The van der Waals surface area contributed by atoms with Crippen LogP contribution in [-0.2, 0) is 19.1 Å². The van der Waals surface area contributed by atoms with E-state index in [0.717, 1.165) is 79.5 Å². The second-order valence-corrected chi connectivity index (χ2v) is 21.9. The number of benzene rings is 2. The van der Waals surface area contributed by atoms with Gasteiger partial charge in [-0.3, -0.25) is 28.7 Å². The summed E-state index contributed by atoms with van der Waals surface area (Å²) in [7, 11) is 1.38. The number of carbonyl (C=O) groups is 4. The smallest absolute Gasteiger partial charge is 0.308 e. The number of esters is 1. The lowest BCUT2D eigenvalue weighted by atomic mass is 9.85. The quantitative estimate of drug-likeness (QED) is 0.108. The van der Waals surface area contributed by atoms with E-state index in [1.54, 1.807) is 28.7 Å². The summed E-state index contributed by atoms with van der Waals surface area (Å²) in [5.74, 6) is 0.438. The summed E-state index contributed by atoms with van der Waals surface area (Å²) in [5, 5.41) is 26.6. The van der Waals surface area contributed by atoms with Crippen LogP contribution in [0, 0.1) is 33.1 Å². The average molecular weight is 1010 g/mol. The molecule has 3 aliphatic rings. The molecule has 0 bridgehead atoms. The third-order valence-electron chi connectivity index (χ3n) is 14.0. The second kappa shape index (κ2) is 20.4. The topological polar surface area (TPSA) is 200 Å². The molecule has 4 aromatic heterocycles. The maximum Gasteiger partial charge on any atom is 0.308 e. The van der Waals surface area contributed by atoms with Gasteiger partial charge in [-0.15, -0.1) is 32.9 Å². The number of nitrogens with one attached hydrogen (secondary N) is 2. The van der Waals surface area contributed by atoms with Crippen LogP contribution < -0.4 is 20.4 Å². The van der Waals surface area contributed by atoms with Crippen LogP contribution in [-0.4, -0.2) is 122 Å². The van der Waals surface area contributed by atoms with Crippen molar-refractivity contribution >= 4 is 63.6 Å². The number of thiophene rings is 1. The van der Waals surface area contributed by atoms with E-state index in [4.69, 9.17) is 9.73 Å². The van der Waals surface area contributed by atoms with Gasteiger partial charge in [0.15, 0.2) is 5.82 Å². The SMILES string of the molecule is COC(=O)C[C@@H]1N=C(c2ccc(N3CCN(c4ccc(C(=O)N[C@H](C(=O)N5C[C@H](O)C[C@H]5C(=O)N[C@@H](C)c5ccc(-c6scnc6C)cc5)C(C)(C)C)cn4)CC3)cc2)c2c(sc(C)c2C)-n2c(C)nnc21. The highest BCUT2D eigenvalue weighted by Gasteiger charge is 2.45. The van der Waals surface area contributed by atoms with E-state index in [1.165, 1.54) is 23.1 Å². The maximum absolute atomic E-state index is 14.4. The number of aliphatic imine (C=N–C) groups is 1. The van der Waals surface area contributed by atoms with Gasteiger partial charge < -0.3 is 35.2 Å². The highest BCUT2D eigenvalue weighted by Crippen LogP contribution is 2.40. The molecule has 19 heteroatoms. The Labute approximate surface area is 427 Å². The van der Waals surface area contributed by atoms with Crippen LogP contribution in [0.1, 0.15) is 107 Å². The molecule has 2 saturated heterocycles. The molecule has 0 aliphatic carbocycles. The number of piperazine rings is 1. The number of likely N-dealkylation sites (tertiary alicyclic amines) is 1. The molecule has 7 heterocycles. The number of carbonyl (C=O) groups excluding carboxylic acids is 4. The molecule has 9 rings (SSSR count). The summed E-state index contributed by atoms with van der Waals surface area (Å²) in [6, 6.07) is 17.1. The van der Waals surface area contributed by atoms with E-state index in [9.17, 15) is 24.3 Å². The number of aliphatic hydroxyl groups is 1. The van der Waals surface area contributed by atoms with Crippen molar-refractivity contribution in [3.8, 4) is 15.4 Å². The number of rotatable bonds is 12. The zero-order valence-corrected chi connectivity index (χ0v) is 43.7. The lowest BCUT2D eigenvalue weighted by Gasteiger charge is -2.37. The molecule has 0 spiro atoms. The van der Waals surface area contributed by atoms with Crippen LogP contribution in [0.15, 0.2) is 77.4 Å². The number of aryl methyl sites for hydroxylation is 3. The van der Waals surface area contributed by atoms with Gasteiger partial charge in [0.05, 0.1) is 53.0 Å². The monoisotopic (exact) mass is 1010 g/mol. The van der Waals surface area contributed by atoms with Gasteiger partial charge in [0.1, 0.15) is 34.8 Å². The predicted octanol–water partition coefficient (Wildman–Crippen LogP) is 6.85. The van der Waals surface area contributed by atoms with Gasteiger partial charge in [-0.25, -0.2) is 9.97 Å². The van der Waals surface area contributed by atoms with Crippen molar-refractivity contribution in [3.05, 3.63) is 122 Å². The Morgan fingerprint density at radius 1 is 0.875 bits per heavy atom. The van der Waals surface area contributed by atoms with Crippen molar-refractivity contribution in [2.75, 3.05) is 49.6 Å². The van der Waals surface area contributed by atoms with Crippen LogP contribution in [0.3, 0.4) is 0 Å². The molecule has 5 atom stereocenters. The minimum atomic E-state index is -0.996. The number of hydrogen-bond donors (Lipinski definition) is 3. The van der Waals surface area contributed by atoms with Crippen molar-refractivity contribution in [3.63, 3.8) is 0 Å². The first-order valence-corrected chi connectivity index (χ1v) is 25.9. The number of hydrogen-bond acceptors (Lipinski definition) is 15. The summed E-state index contributed by atoms with van der Waals surface area (Å²) in [4.78, 5) is 77.0. The summed E-state index contributed by atoms with van der Waals surface area (Å²) >= 11 is 3.24. The first-order chi connectivity index (χ1) is 34.4. The van der Waals surface area contributed by atoms with Gasteiger partial charge in [0, 0.05) is 67.0 Å². The molecule has 376 valence electrons. The van der Waals surface area contributed by atoms with E-state index in [1.807, 2.05) is 82.0 Å². The van der Waals surface area contributed by atoms with Crippen molar-refractivity contribution in [1.29, 1.82) is 0 Å². The molecular weight excluding hydrogens is 951 g/mol.